The fraction of sp³-hybridized carbons (Fsp3) is 0.152. The Morgan fingerprint density at radius 3 is 2.17 bits per heavy atom. The molecule has 5 aromatic rings. The number of ketones is 1. The molecule has 1 heterocycles. The quantitative estimate of drug-likeness (QED) is 0.215. The summed E-state index contributed by atoms with van der Waals surface area (Å²) in [6.45, 7) is 2.12. The zero-order valence-electron chi connectivity index (χ0n) is 22.6. The molecule has 7 nitrogen and oxygen atoms in total. The summed E-state index contributed by atoms with van der Waals surface area (Å²) in [4.78, 5) is 39.8. The lowest BCUT2D eigenvalue weighted by atomic mass is 10.00. The third-order valence-corrected chi connectivity index (χ3v) is 7.84. The van der Waals surface area contributed by atoms with Gasteiger partial charge in [-0.05, 0) is 60.9 Å². The summed E-state index contributed by atoms with van der Waals surface area (Å²) in [5.74, 6) is -0.636. The summed E-state index contributed by atoms with van der Waals surface area (Å²) in [6.07, 6.45) is 0.198. The molecule has 1 N–H and O–H groups in total. The molecule has 0 radical (unpaired) electrons. The van der Waals surface area contributed by atoms with Crippen molar-refractivity contribution in [3.63, 3.8) is 0 Å². The molecule has 4 aromatic carbocycles. The largest absolute Gasteiger partial charge is 0.336 e. The minimum Gasteiger partial charge on any atom is -0.300 e. The first-order valence-electron chi connectivity index (χ1n) is 13.3. The van der Waals surface area contributed by atoms with E-state index >= 15 is 0 Å². The van der Waals surface area contributed by atoms with Gasteiger partial charge in [0.1, 0.15) is 6.07 Å². The van der Waals surface area contributed by atoms with E-state index in [0.29, 0.717) is 38.7 Å². The number of carbonyl (C=O) groups is 1. The SMILES string of the molecule is CC(N[C@@H](Cc1ccc(-n2c(=O)c3ccccc3n(Cc3ccccc3)c2=O)cc1)C(=O)C#N)c1c(Cl)cccc1Cl. The zero-order valence-corrected chi connectivity index (χ0v) is 24.1. The molecular formula is C33H26Cl2N4O3. The number of aromatic nitrogens is 2. The molecule has 0 fully saturated rings. The lowest BCUT2D eigenvalue weighted by Crippen LogP contribution is -2.40. The van der Waals surface area contributed by atoms with E-state index < -0.39 is 29.1 Å². The molecule has 0 bridgehead atoms. The highest BCUT2D eigenvalue weighted by Gasteiger charge is 2.24. The molecule has 1 unspecified atom stereocenters. The lowest BCUT2D eigenvalue weighted by molar-refractivity contribution is -0.116. The van der Waals surface area contributed by atoms with Crippen LogP contribution in [0.3, 0.4) is 0 Å². The summed E-state index contributed by atoms with van der Waals surface area (Å²) in [5.41, 5.74) is 2.37. The number of nitrogens with one attached hydrogen (secondary N) is 1. The first kappa shape index (κ1) is 29.0. The van der Waals surface area contributed by atoms with E-state index in [4.69, 9.17) is 23.2 Å². The average Bonchev–Trinajstić information content (AvgIpc) is 3.00. The second-order valence-electron chi connectivity index (χ2n) is 9.93. The van der Waals surface area contributed by atoms with Crippen LogP contribution < -0.4 is 16.6 Å². The van der Waals surface area contributed by atoms with Crippen LogP contribution in [0.5, 0.6) is 0 Å². The fourth-order valence-electron chi connectivity index (χ4n) is 5.10. The van der Waals surface area contributed by atoms with Gasteiger partial charge >= 0.3 is 5.69 Å². The smallest absolute Gasteiger partial charge is 0.300 e. The average molecular weight is 598 g/mol. The third-order valence-electron chi connectivity index (χ3n) is 7.18. The molecule has 1 aromatic heterocycles. The van der Waals surface area contributed by atoms with Crippen molar-refractivity contribution in [2.45, 2.75) is 32.0 Å². The molecule has 0 aliphatic carbocycles. The number of nitrogens with zero attached hydrogens (tertiary/aromatic N) is 3. The Morgan fingerprint density at radius 1 is 0.857 bits per heavy atom. The van der Waals surface area contributed by atoms with Gasteiger partial charge in [0, 0.05) is 21.7 Å². The predicted molar refractivity (Wildman–Crippen MR) is 165 cm³/mol. The van der Waals surface area contributed by atoms with E-state index in [1.165, 1.54) is 0 Å². The van der Waals surface area contributed by atoms with Gasteiger partial charge in [0.15, 0.2) is 0 Å². The maximum absolute atomic E-state index is 13.7. The molecule has 0 aliphatic heterocycles. The molecule has 9 heteroatoms. The van der Waals surface area contributed by atoms with Gasteiger partial charge in [-0.1, -0.05) is 83.9 Å². The number of Topliss-reactive ketones (excluding diaryl/α,β-unsaturated/α-hetero) is 1. The Labute approximate surface area is 252 Å². The summed E-state index contributed by atoms with van der Waals surface area (Å²) in [7, 11) is 0. The maximum atomic E-state index is 13.7. The standard InChI is InChI=1S/C33H26Cl2N4O3/c1-21(31-26(34)11-7-12-27(31)35)37-28(30(40)19-36)18-22-14-16-24(17-15-22)39-32(41)25-10-5-6-13-29(25)38(33(39)42)20-23-8-3-2-4-9-23/h2-17,21,28,37H,18,20H2,1H3/t21?,28-/m0/s1. The van der Waals surface area contributed by atoms with Crippen molar-refractivity contribution in [2.24, 2.45) is 0 Å². The second kappa shape index (κ2) is 12.6. The highest BCUT2D eigenvalue weighted by molar-refractivity contribution is 6.36. The van der Waals surface area contributed by atoms with Crippen LogP contribution in [0.2, 0.25) is 10.0 Å². The van der Waals surface area contributed by atoms with Crippen molar-refractivity contribution in [3.05, 3.63) is 145 Å². The van der Waals surface area contributed by atoms with E-state index in [1.807, 2.05) is 37.3 Å². The van der Waals surface area contributed by atoms with E-state index in [0.717, 1.165) is 15.7 Å². The van der Waals surface area contributed by atoms with Crippen LogP contribution in [-0.4, -0.2) is 21.0 Å². The molecule has 2 atom stereocenters. The molecule has 210 valence electrons. The second-order valence-corrected chi connectivity index (χ2v) is 10.7. The Bertz CT molecular complexity index is 1910. The summed E-state index contributed by atoms with van der Waals surface area (Å²) < 4.78 is 2.75. The van der Waals surface area contributed by atoms with Crippen molar-refractivity contribution < 1.29 is 4.79 Å². The number of carbonyl (C=O) groups excluding carboxylic acids is 1. The van der Waals surface area contributed by atoms with Crippen LogP contribution in [0.15, 0.2) is 107 Å². The minimum atomic E-state index is -0.838. The Balaban J connectivity index is 1.47. The van der Waals surface area contributed by atoms with Gasteiger partial charge in [-0.3, -0.25) is 19.5 Å². The van der Waals surface area contributed by atoms with Crippen molar-refractivity contribution in [1.29, 1.82) is 5.26 Å². The number of fused-ring (bicyclic) bond motifs is 1. The van der Waals surface area contributed by atoms with Crippen molar-refractivity contribution in [2.75, 3.05) is 0 Å². The topological polar surface area (TPSA) is 96.9 Å². The fourth-order valence-corrected chi connectivity index (χ4v) is 5.82. The normalized spacial score (nSPS) is 12.5. The highest BCUT2D eigenvalue weighted by atomic mass is 35.5. The maximum Gasteiger partial charge on any atom is 0.336 e. The molecule has 0 spiro atoms. The van der Waals surface area contributed by atoms with Crippen molar-refractivity contribution in [3.8, 4) is 11.8 Å². The Hall–Kier alpha value is -4.48. The van der Waals surface area contributed by atoms with Crippen LogP contribution >= 0.6 is 23.2 Å². The first-order chi connectivity index (χ1) is 20.3. The number of rotatable bonds is 9. The number of hydrogen-bond donors (Lipinski definition) is 1. The van der Waals surface area contributed by atoms with Crippen LogP contribution in [0, 0.1) is 11.3 Å². The van der Waals surface area contributed by atoms with Gasteiger partial charge in [-0.2, -0.15) is 5.26 Å². The third kappa shape index (κ3) is 5.93. The van der Waals surface area contributed by atoms with Gasteiger partial charge in [-0.25, -0.2) is 9.36 Å². The summed E-state index contributed by atoms with van der Waals surface area (Å²) in [6, 6.07) is 29.1. The molecule has 5 rings (SSSR count). The molecule has 0 amide bonds. The Kier molecular flexibility index (Phi) is 8.69. The van der Waals surface area contributed by atoms with Crippen molar-refractivity contribution >= 4 is 39.9 Å². The predicted octanol–water partition coefficient (Wildman–Crippen LogP) is 5.86. The van der Waals surface area contributed by atoms with Crippen LogP contribution in [-0.2, 0) is 17.8 Å². The van der Waals surface area contributed by atoms with Gasteiger partial charge in [0.05, 0.1) is 29.2 Å². The van der Waals surface area contributed by atoms with Crippen LogP contribution in [0.4, 0.5) is 0 Å². The molecule has 0 saturated heterocycles. The van der Waals surface area contributed by atoms with Gasteiger partial charge < -0.3 is 0 Å². The lowest BCUT2D eigenvalue weighted by Gasteiger charge is -2.22. The Morgan fingerprint density at radius 2 is 1.50 bits per heavy atom. The number of nitriles is 1. The van der Waals surface area contributed by atoms with Crippen LogP contribution in [0.25, 0.3) is 16.6 Å². The first-order valence-corrected chi connectivity index (χ1v) is 14.1. The monoisotopic (exact) mass is 596 g/mol. The molecule has 0 aliphatic rings. The number of para-hydroxylation sites is 1. The minimum absolute atomic E-state index is 0.198. The van der Waals surface area contributed by atoms with E-state index in [9.17, 15) is 19.6 Å². The summed E-state index contributed by atoms with van der Waals surface area (Å²) in [5, 5.41) is 13.9. The zero-order chi connectivity index (χ0) is 29.8. The molecule has 42 heavy (non-hydrogen) atoms. The number of benzene rings is 4. The van der Waals surface area contributed by atoms with E-state index in [2.05, 4.69) is 5.32 Å². The van der Waals surface area contributed by atoms with Gasteiger partial charge in [0.25, 0.3) is 5.56 Å². The van der Waals surface area contributed by atoms with Gasteiger partial charge in [-0.15, -0.1) is 0 Å². The molecular weight excluding hydrogens is 571 g/mol. The van der Waals surface area contributed by atoms with Gasteiger partial charge in [0.2, 0.25) is 5.78 Å². The highest BCUT2D eigenvalue weighted by Crippen LogP contribution is 2.30. The van der Waals surface area contributed by atoms with E-state index in [1.54, 1.807) is 77.4 Å². The van der Waals surface area contributed by atoms with Crippen LogP contribution in [0.1, 0.15) is 29.7 Å². The number of halogens is 2. The van der Waals surface area contributed by atoms with E-state index in [-0.39, 0.29) is 6.42 Å². The molecule has 0 saturated carbocycles. The number of hydrogen-bond acceptors (Lipinski definition) is 5. The summed E-state index contributed by atoms with van der Waals surface area (Å²) >= 11 is 12.7. The van der Waals surface area contributed by atoms with Crippen molar-refractivity contribution in [1.82, 2.24) is 14.5 Å².